The second-order valence-corrected chi connectivity index (χ2v) is 5.01. The average Bonchev–Trinajstić information content (AvgIpc) is 2.20. The number of hydrogen-bond donors (Lipinski definition) is 2. The second-order valence-electron chi connectivity index (χ2n) is 5.01. The molecular formula is C13H27N2O2+. The first kappa shape index (κ1) is 18.1. The molecule has 0 spiro atoms. The quantitative estimate of drug-likeness (QED) is 0.439. The number of rotatable bonds is 5. The summed E-state index contributed by atoms with van der Waals surface area (Å²) in [6.07, 6.45) is 4.76. The molecule has 4 nitrogen and oxygen atoms in total. The fourth-order valence-corrected chi connectivity index (χ4v) is 0.590. The van der Waals surface area contributed by atoms with Gasteiger partial charge in [0.25, 0.3) is 0 Å². The molecule has 0 aromatic rings. The predicted molar refractivity (Wildman–Crippen MR) is 71.6 cm³/mol. The summed E-state index contributed by atoms with van der Waals surface area (Å²) in [5, 5.41) is 0. The summed E-state index contributed by atoms with van der Waals surface area (Å²) in [7, 11) is 3.11. The zero-order valence-corrected chi connectivity index (χ0v) is 11.9. The largest absolute Gasteiger partial charge is 0.504 e. The van der Waals surface area contributed by atoms with Crippen LogP contribution in [0.25, 0.3) is 0 Å². The smallest absolute Gasteiger partial charge is 0.188 e. The Morgan fingerprint density at radius 3 is 2.00 bits per heavy atom. The van der Waals surface area contributed by atoms with E-state index in [1.165, 1.54) is 11.7 Å². The van der Waals surface area contributed by atoms with Crippen molar-refractivity contribution in [2.75, 3.05) is 14.2 Å². The number of allylic oxidation sites excluding steroid dienone is 2. The van der Waals surface area contributed by atoms with Crippen LogP contribution in [0.1, 0.15) is 27.7 Å². The third-order valence-electron chi connectivity index (χ3n) is 1.18. The lowest BCUT2D eigenvalue weighted by molar-refractivity contribution is -0.852. The van der Waals surface area contributed by atoms with Crippen LogP contribution >= 0.6 is 0 Å². The van der Waals surface area contributed by atoms with Gasteiger partial charge in [-0.3, -0.25) is 0 Å². The van der Waals surface area contributed by atoms with Gasteiger partial charge in [0.1, 0.15) is 0 Å². The summed E-state index contributed by atoms with van der Waals surface area (Å²) < 4.78 is 4.73. The zero-order valence-electron chi connectivity index (χ0n) is 11.9. The van der Waals surface area contributed by atoms with Crippen molar-refractivity contribution in [1.29, 1.82) is 0 Å². The molecule has 0 heterocycles. The molecule has 0 atom stereocenters. The zero-order chi connectivity index (χ0) is 13.9. The molecule has 0 amide bonds. The molecule has 0 aliphatic carbocycles. The molecule has 100 valence electrons. The van der Waals surface area contributed by atoms with E-state index in [9.17, 15) is 0 Å². The van der Waals surface area contributed by atoms with E-state index in [1.54, 1.807) is 26.4 Å². The van der Waals surface area contributed by atoms with E-state index in [0.29, 0.717) is 11.1 Å². The molecular weight excluding hydrogens is 216 g/mol. The van der Waals surface area contributed by atoms with Crippen LogP contribution in [-0.2, 0) is 9.57 Å². The first-order chi connectivity index (χ1) is 7.76. The van der Waals surface area contributed by atoms with E-state index in [1.807, 2.05) is 0 Å². The third kappa shape index (κ3) is 17.4. The van der Waals surface area contributed by atoms with Crippen LogP contribution < -0.4 is 11.2 Å². The maximum Gasteiger partial charge on any atom is 0.188 e. The molecule has 0 aliphatic rings. The Balaban J connectivity index is 0. The van der Waals surface area contributed by atoms with Gasteiger partial charge in [-0.25, -0.2) is 4.84 Å². The van der Waals surface area contributed by atoms with Gasteiger partial charge in [-0.2, -0.15) is 5.48 Å². The summed E-state index contributed by atoms with van der Waals surface area (Å²) in [5.74, 6) is 0. The molecule has 0 saturated carbocycles. The van der Waals surface area contributed by atoms with Crippen LogP contribution in [0.15, 0.2) is 36.4 Å². The Hall–Kier alpha value is -1.26. The molecule has 17 heavy (non-hydrogen) atoms. The van der Waals surface area contributed by atoms with E-state index in [4.69, 9.17) is 15.3 Å². The minimum atomic E-state index is 0.500. The van der Waals surface area contributed by atoms with Gasteiger partial charge >= 0.3 is 0 Å². The van der Waals surface area contributed by atoms with Crippen molar-refractivity contribution in [3.05, 3.63) is 36.4 Å². The molecule has 0 saturated heterocycles. The van der Waals surface area contributed by atoms with E-state index in [0.717, 1.165) is 5.70 Å². The standard InChI is InChI=1S/C8H14N2O2.C5H12/c1-4-7(9)8(10-12-3)5-6-11-2;1-5(2,3)4/h4-6,10H,1,9H2,2-3H3;1-4H3/p+1/b6-5+,8-7-;. The number of methoxy groups -OCH3 is 1. The van der Waals surface area contributed by atoms with E-state index < -0.39 is 0 Å². The minimum Gasteiger partial charge on any atom is -0.504 e. The van der Waals surface area contributed by atoms with Gasteiger partial charge in [-0.1, -0.05) is 34.3 Å². The van der Waals surface area contributed by atoms with Crippen molar-refractivity contribution in [1.82, 2.24) is 0 Å². The van der Waals surface area contributed by atoms with Crippen LogP contribution in [0.4, 0.5) is 0 Å². The van der Waals surface area contributed by atoms with Gasteiger partial charge in [-0.15, -0.1) is 0 Å². The first-order valence-corrected chi connectivity index (χ1v) is 5.43. The van der Waals surface area contributed by atoms with Gasteiger partial charge in [0.2, 0.25) is 0 Å². The molecule has 0 rings (SSSR count). The third-order valence-corrected chi connectivity index (χ3v) is 1.18. The minimum absolute atomic E-state index is 0.500. The van der Waals surface area contributed by atoms with Crippen LogP contribution in [-0.4, -0.2) is 14.2 Å². The normalized spacial score (nSPS) is 12.6. The van der Waals surface area contributed by atoms with Crippen molar-refractivity contribution in [3.63, 3.8) is 0 Å². The number of hydrogen-bond acceptors (Lipinski definition) is 3. The molecule has 4 heteroatoms. The molecule has 0 aliphatic heterocycles. The van der Waals surface area contributed by atoms with Gasteiger partial charge in [-0.05, 0) is 11.5 Å². The molecule has 0 aromatic heterocycles. The molecule has 0 radical (unpaired) electrons. The molecule has 4 N–H and O–H groups in total. The highest BCUT2D eigenvalue weighted by Crippen LogP contribution is 2.08. The van der Waals surface area contributed by atoms with Gasteiger partial charge < -0.3 is 10.5 Å². The lowest BCUT2D eigenvalue weighted by Crippen LogP contribution is -2.80. The summed E-state index contributed by atoms with van der Waals surface area (Å²) in [6.45, 7) is 12.3. The van der Waals surface area contributed by atoms with Crippen molar-refractivity contribution in [2.24, 2.45) is 11.1 Å². The maximum atomic E-state index is 5.59. The summed E-state index contributed by atoms with van der Waals surface area (Å²) in [6, 6.07) is 0. The van der Waals surface area contributed by atoms with Crippen LogP contribution in [0, 0.1) is 5.41 Å². The number of ether oxygens (including phenoxy) is 1. The Morgan fingerprint density at radius 2 is 1.71 bits per heavy atom. The topological polar surface area (TPSA) is 61.1 Å². The summed E-state index contributed by atoms with van der Waals surface area (Å²) in [4.78, 5) is 4.81. The van der Waals surface area contributed by atoms with Crippen LogP contribution in [0.2, 0.25) is 0 Å². The fourth-order valence-electron chi connectivity index (χ4n) is 0.590. The van der Waals surface area contributed by atoms with Crippen molar-refractivity contribution >= 4 is 0 Å². The van der Waals surface area contributed by atoms with Crippen molar-refractivity contribution < 1.29 is 15.1 Å². The lowest BCUT2D eigenvalue weighted by Gasteiger charge is -2.05. The fraction of sp³-hybridized carbons (Fsp3) is 0.538. The summed E-state index contributed by atoms with van der Waals surface area (Å²) >= 11 is 0. The lowest BCUT2D eigenvalue weighted by atomic mass is 10.0. The average molecular weight is 243 g/mol. The highest BCUT2D eigenvalue weighted by Gasteiger charge is 2.00. The SMILES string of the molecule is C=C/C(N)=C(\C=C\OC)[NH2+]OC.CC(C)(C)C. The number of quaternary nitrogens is 1. The van der Waals surface area contributed by atoms with E-state index in [-0.39, 0.29) is 0 Å². The molecule has 0 fully saturated rings. The molecule has 0 aromatic carbocycles. The second kappa shape index (κ2) is 9.93. The number of nitrogens with two attached hydrogens (primary N) is 2. The monoisotopic (exact) mass is 243 g/mol. The van der Waals surface area contributed by atoms with E-state index in [2.05, 4.69) is 34.3 Å². The summed E-state index contributed by atoms with van der Waals surface area (Å²) in [5.41, 5.74) is 8.89. The Bertz CT molecular complexity index is 257. The van der Waals surface area contributed by atoms with E-state index >= 15 is 0 Å². The Morgan fingerprint density at radius 1 is 1.24 bits per heavy atom. The van der Waals surface area contributed by atoms with Gasteiger partial charge in [0, 0.05) is 6.08 Å². The van der Waals surface area contributed by atoms with Crippen LogP contribution in [0.5, 0.6) is 0 Å². The Kier molecular flexibility index (Phi) is 10.6. The predicted octanol–water partition coefficient (Wildman–Crippen LogP) is 1.68. The van der Waals surface area contributed by atoms with Crippen molar-refractivity contribution in [3.8, 4) is 0 Å². The maximum absolute atomic E-state index is 5.59. The number of hydroxylamine groups is 1. The van der Waals surface area contributed by atoms with Crippen LogP contribution in [0.3, 0.4) is 0 Å². The van der Waals surface area contributed by atoms with Crippen molar-refractivity contribution in [2.45, 2.75) is 27.7 Å². The molecule has 0 unspecified atom stereocenters. The van der Waals surface area contributed by atoms with Gasteiger partial charge in [0.05, 0.1) is 26.2 Å². The molecule has 0 bridgehead atoms. The highest BCUT2D eigenvalue weighted by molar-refractivity contribution is 5.22. The Labute approximate surface area is 105 Å². The first-order valence-electron chi connectivity index (χ1n) is 5.43. The van der Waals surface area contributed by atoms with Gasteiger partial charge in [0.15, 0.2) is 5.70 Å². The highest BCUT2D eigenvalue weighted by atomic mass is 16.6.